The zero-order valence-electron chi connectivity index (χ0n) is 14.8. The maximum absolute atomic E-state index is 12.6. The van der Waals surface area contributed by atoms with Gasteiger partial charge in [0.2, 0.25) is 6.79 Å². The van der Waals surface area contributed by atoms with Crippen LogP contribution < -0.4 is 14.8 Å². The van der Waals surface area contributed by atoms with Gasteiger partial charge in [-0.25, -0.2) is 4.79 Å². The summed E-state index contributed by atoms with van der Waals surface area (Å²) >= 11 is 2.08. The molecule has 140 valence electrons. The lowest BCUT2D eigenvalue weighted by atomic mass is 10.1. The first-order chi connectivity index (χ1) is 12.9. The molecule has 1 heterocycles. The lowest BCUT2D eigenvalue weighted by Gasteiger charge is -2.13. The van der Waals surface area contributed by atoms with Gasteiger partial charge in [0, 0.05) is 3.57 Å². The Bertz CT molecular complexity index is 907. The summed E-state index contributed by atoms with van der Waals surface area (Å²) in [6.07, 6.45) is 1.24. The number of fused-ring (bicyclic) bond motifs is 1. The minimum atomic E-state index is -0.609. The van der Waals surface area contributed by atoms with Crippen LogP contribution in [0.3, 0.4) is 0 Å². The fourth-order valence-electron chi connectivity index (χ4n) is 2.43. The van der Waals surface area contributed by atoms with Gasteiger partial charge in [-0.15, -0.1) is 0 Å². The molecular formula is C20H18INO5. The summed E-state index contributed by atoms with van der Waals surface area (Å²) in [7, 11) is 0. The number of hydrogen-bond donors (Lipinski definition) is 1. The summed E-state index contributed by atoms with van der Waals surface area (Å²) in [4.78, 5) is 25.1. The molecule has 7 heteroatoms. The number of halogens is 1. The smallest absolute Gasteiger partial charge is 0.355 e. The number of nitrogens with one attached hydrogen (secondary N) is 1. The highest BCUT2D eigenvalue weighted by Crippen LogP contribution is 2.33. The third-order valence-electron chi connectivity index (χ3n) is 3.64. The van der Waals surface area contributed by atoms with Crippen molar-refractivity contribution in [1.29, 1.82) is 0 Å². The fraction of sp³-hybridized carbons (Fsp3) is 0.200. The van der Waals surface area contributed by atoms with Gasteiger partial charge in [-0.3, -0.25) is 4.79 Å². The van der Waals surface area contributed by atoms with Crippen LogP contribution in [0.2, 0.25) is 0 Å². The van der Waals surface area contributed by atoms with Crippen LogP contribution in [-0.4, -0.2) is 24.8 Å². The second kappa shape index (κ2) is 8.43. The molecule has 0 saturated carbocycles. The van der Waals surface area contributed by atoms with Crippen LogP contribution in [0.1, 0.15) is 29.8 Å². The number of ether oxygens (including phenoxy) is 3. The van der Waals surface area contributed by atoms with Crippen molar-refractivity contribution in [1.82, 2.24) is 5.32 Å². The van der Waals surface area contributed by atoms with Crippen LogP contribution in [0.4, 0.5) is 0 Å². The van der Waals surface area contributed by atoms with Gasteiger partial charge in [-0.1, -0.05) is 18.2 Å². The monoisotopic (exact) mass is 479 g/mol. The number of carbonyl (C=O) groups excluding carboxylic acids is 2. The zero-order chi connectivity index (χ0) is 19.4. The third kappa shape index (κ3) is 4.79. The van der Waals surface area contributed by atoms with Gasteiger partial charge in [-0.2, -0.15) is 0 Å². The highest BCUT2D eigenvalue weighted by Gasteiger charge is 2.19. The van der Waals surface area contributed by atoms with Crippen molar-refractivity contribution in [2.24, 2.45) is 0 Å². The summed E-state index contributed by atoms with van der Waals surface area (Å²) in [5.74, 6) is 0.236. The number of carbonyl (C=O) groups is 2. The van der Waals surface area contributed by atoms with Crippen molar-refractivity contribution < 1.29 is 23.8 Å². The topological polar surface area (TPSA) is 73.9 Å². The van der Waals surface area contributed by atoms with Gasteiger partial charge < -0.3 is 19.5 Å². The van der Waals surface area contributed by atoms with Crippen LogP contribution in [-0.2, 0) is 9.53 Å². The number of amides is 1. The minimum absolute atomic E-state index is 0.0484. The van der Waals surface area contributed by atoms with E-state index < -0.39 is 5.97 Å². The van der Waals surface area contributed by atoms with Crippen molar-refractivity contribution >= 4 is 40.5 Å². The molecule has 3 rings (SSSR count). The van der Waals surface area contributed by atoms with E-state index >= 15 is 0 Å². The molecule has 0 atom stereocenters. The molecule has 0 spiro atoms. The maximum atomic E-state index is 12.6. The highest BCUT2D eigenvalue weighted by atomic mass is 127. The summed E-state index contributed by atoms with van der Waals surface area (Å²) in [6.45, 7) is 3.66. The van der Waals surface area contributed by atoms with E-state index in [1.165, 1.54) is 0 Å². The van der Waals surface area contributed by atoms with Gasteiger partial charge in [0.15, 0.2) is 11.5 Å². The van der Waals surface area contributed by atoms with E-state index in [-0.39, 0.29) is 24.5 Å². The maximum Gasteiger partial charge on any atom is 0.355 e. The normalized spacial score (nSPS) is 12.8. The van der Waals surface area contributed by atoms with Gasteiger partial charge in [0.25, 0.3) is 5.91 Å². The molecule has 1 N–H and O–H groups in total. The van der Waals surface area contributed by atoms with Crippen molar-refractivity contribution in [3.63, 3.8) is 0 Å². The number of esters is 1. The largest absolute Gasteiger partial charge is 0.458 e. The predicted octanol–water partition coefficient (Wildman–Crippen LogP) is 3.74. The van der Waals surface area contributed by atoms with Gasteiger partial charge in [0.1, 0.15) is 5.70 Å². The zero-order valence-corrected chi connectivity index (χ0v) is 17.0. The summed E-state index contributed by atoms with van der Waals surface area (Å²) in [5, 5.41) is 2.67. The lowest BCUT2D eigenvalue weighted by molar-refractivity contribution is -0.142. The van der Waals surface area contributed by atoms with Crippen molar-refractivity contribution in [3.8, 4) is 11.5 Å². The number of benzene rings is 2. The fourth-order valence-corrected chi connectivity index (χ4v) is 3.06. The predicted molar refractivity (Wildman–Crippen MR) is 108 cm³/mol. The first-order valence-corrected chi connectivity index (χ1v) is 9.40. The van der Waals surface area contributed by atoms with Crippen molar-refractivity contribution in [2.75, 3.05) is 6.79 Å². The third-order valence-corrected chi connectivity index (χ3v) is 4.58. The van der Waals surface area contributed by atoms with E-state index in [1.807, 2.05) is 12.1 Å². The SMILES string of the molecule is CC(C)OC(=O)C(=Cc1ccc2c(c1)OCO2)NC(=O)c1ccccc1I. The molecule has 0 aromatic heterocycles. The van der Waals surface area contributed by atoms with Crippen molar-refractivity contribution in [3.05, 3.63) is 62.9 Å². The van der Waals surface area contributed by atoms with Crippen LogP contribution in [0.5, 0.6) is 11.5 Å². The molecule has 0 bridgehead atoms. The Morgan fingerprint density at radius 3 is 2.63 bits per heavy atom. The molecule has 2 aromatic carbocycles. The average molecular weight is 479 g/mol. The van der Waals surface area contributed by atoms with E-state index in [9.17, 15) is 9.59 Å². The Labute approximate surface area is 170 Å². The molecular weight excluding hydrogens is 461 g/mol. The van der Waals surface area contributed by atoms with Crippen LogP contribution in [0.15, 0.2) is 48.2 Å². The van der Waals surface area contributed by atoms with E-state index in [0.29, 0.717) is 22.6 Å². The Morgan fingerprint density at radius 1 is 1.15 bits per heavy atom. The first kappa shape index (κ1) is 19.2. The Balaban J connectivity index is 1.90. The lowest BCUT2D eigenvalue weighted by Crippen LogP contribution is -2.30. The van der Waals surface area contributed by atoms with E-state index in [1.54, 1.807) is 50.3 Å². The molecule has 6 nitrogen and oxygen atoms in total. The van der Waals surface area contributed by atoms with Crippen molar-refractivity contribution in [2.45, 2.75) is 20.0 Å². The Morgan fingerprint density at radius 2 is 1.89 bits per heavy atom. The van der Waals surface area contributed by atoms with Crippen LogP contribution in [0.25, 0.3) is 6.08 Å². The number of hydrogen-bond acceptors (Lipinski definition) is 5. The van der Waals surface area contributed by atoms with Gasteiger partial charge in [0.05, 0.1) is 11.7 Å². The van der Waals surface area contributed by atoms with Gasteiger partial charge >= 0.3 is 5.97 Å². The van der Waals surface area contributed by atoms with E-state index in [2.05, 4.69) is 27.9 Å². The minimum Gasteiger partial charge on any atom is -0.458 e. The standard InChI is InChI=1S/C20H18INO5/c1-12(2)27-20(24)16(22-19(23)14-5-3-4-6-15(14)21)9-13-7-8-17-18(10-13)26-11-25-17/h3-10,12H,11H2,1-2H3,(H,22,23). The first-order valence-electron chi connectivity index (χ1n) is 8.32. The molecule has 0 aliphatic carbocycles. The summed E-state index contributed by atoms with van der Waals surface area (Å²) in [6, 6.07) is 12.4. The molecule has 2 aromatic rings. The molecule has 27 heavy (non-hydrogen) atoms. The summed E-state index contributed by atoms with van der Waals surface area (Å²) < 4.78 is 16.7. The quantitative estimate of drug-likeness (QED) is 0.402. The summed E-state index contributed by atoms with van der Waals surface area (Å²) in [5.41, 5.74) is 1.21. The van der Waals surface area contributed by atoms with Gasteiger partial charge in [-0.05, 0) is 72.3 Å². The highest BCUT2D eigenvalue weighted by molar-refractivity contribution is 14.1. The molecule has 1 aliphatic heterocycles. The molecule has 0 unspecified atom stereocenters. The average Bonchev–Trinajstić information content (AvgIpc) is 3.08. The van der Waals surface area contributed by atoms with E-state index in [0.717, 1.165) is 3.57 Å². The Hall–Kier alpha value is -2.55. The van der Waals surface area contributed by atoms with E-state index in [4.69, 9.17) is 14.2 Å². The second-order valence-corrected chi connectivity index (χ2v) is 7.22. The molecule has 1 aliphatic rings. The van der Waals surface area contributed by atoms with Crippen LogP contribution >= 0.6 is 22.6 Å². The molecule has 0 saturated heterocycles. The molecule has 0 fully saturated rings. The second-order valence-electron chi connectivity index (χ2n) is 6.06. The number of rotatable bonds is 5. The molecule has 1 amide bonds. The molecule has 0 radical (unpaired) electrons. The Kier molecular flexibility index (Phi) is 6.00. The van der Waals surface area contributed by atoms with Crippen LogP contribution in [0, 0.1) is 3.57 Å².